The van der Waals surface area contributed by atoms with Gasteiger partial charge in [-0.15, -0.1) is 0 Å². The highest BCUT2D eigenvalue weighted by Gasteiger charge is 2.23. The minimum Gasteiger partial charge on any atom is -0.467 e. The number of halogens is 1. The van der Waals surface area contributed by atoms with Gasteiger partial charge in [0, 0.05) is 0 Å². The van der Waals surface area contributed by atoms with E-state index in [0.29, 0.717) is 5.02 Å². The lowest BCUT2D eigenvalue weighted by molar-refractivity contribution is -0.142. The lowest BCUT2D eigenvalue weighted by Gasteiger charge is -2.21. The second-order valence-electron chi connectivity index (χ2n) is 3.87. The van der Waals surface area contributed by atoms with Crippen molar-refractivity contribution in [1.82, 2.24) is 0 Å². The maximum absolute atomic E-state index is 11.5. The summed E-state index contributed by atoms with van der Waals surface area (Å²) in [4.78, 5) is 11.5. The summed E-state index contributed by atoms with van der Waals surface area (Å²) in [5.41, 5.74) is 0.744. The number of hydrogen-bond acceptors (Lipinski definition) is 3. The van der Waals surface area contributed by atoms with E-state index in [9.17, 15) is 4.79 Å². The summed E-state index contributed by atoms with van der Waals surface area (Å²) < 4.78 is 4.74. The van der Waals surface area contributed by atoms with Crippen molar-refractivity contribution in [2.24, 2.45) is 5.92 Å². The molecule has 0 fully saturated rings. The molecular formula is C12H16ClNO2. The van der Waals surface area contributed by atoms with E-state index < -0.39 is 0 Å². The van der Waals surface area contributed by atoms with Gasteiger partial charge in [0.25, 0.3) is 0 Å². The first-order chi connectivity index (χ1) is 7.56. The molecule has 0 saturated carbocycles. The number of para-hydroxylation sites is 1. The maximum atomic E-state index is 11.5. The van der Waals surface area contributed by atoms with Crippen LogP contribution in [0.15, 0.2) is 24.3 Å². The van der Waals surface area contributed by atoms with Crippen molar-refractivity contribution in [1.29, 1.82) is 0 Å². The maximum Gasteiger partial charge on any atom is 0.328 e. The van der Waals surface area contributed by atoms with Crippen LogP contribution in [0.2, 0.25) is 5.02 Å². The van der Waals surface area contributed by atoms with E-state index in [1.807, 2.05) is 32.0 Å². The Morgan fingerprint density at radius 2 is 2.00 bits per heavy atom. The normalized spacial score (nSPS) is 12.3. The van der Waals surface area contributed by atoms with Crippen molar-refractivity contribution >= 4 is 23.3 Å². The fraction of sp³-hybridized carbons (Fsp3) is 0.417. The number of anilines is 1. The molecule has 0 aliphatic carbocycles. The van der Waals surface area contributed by atoms with E-state index in [1.54, 1.807) is 6.07 Å². The zero-order valence-corrected chi connectivity index (χ0v) is 10.4. The van der Waals surface area contributed by atoms with Crippen molar-refractivity contribution in [2.75, 3.05) is 12.4 Å². The molecule has 0 radical (unpaired) electrons. The number of ether oxygens (including phenoxy) is 1. The molecule has 1 N–H and O–H groups in total. The quantitative estimate of drug-likeness (QED) is 0.824. The fourth-order valence-electron chi connectivity index (χ4n) is 1.37. The van der Waals surface area contributed by atoms with Crippen LogP contribution < -0.4 is 5.32 Å². The Morgan fingerprint density at radius 3 is 2.50 bits per heavy atom. The van der Waals surface area contributed by atoms with Gasteiger partial charge in [0.15, 0.2) is 0 Å². The van der Waals surface area contributed by atoms with Crippen LogP contribution in [-0.2, 0) is 9.53 Å². The average molecular weight is 242 g/mol. The number of methoxy groups -OCH3 is 1. The van der Waals surface area contributed by atoms with Crippen molar-refractivity contribution in [3.63, 3.8) is 0 Å². The first kappa shape index (κ1) is 12.8. The van der Waals surface area contributed by atoms with Crippen LogP contribution in [0, 0.1) is 5.92 Å². The Hall–Kier alpha value is -1.22. The first-order valence-electron chi connectivity index (χ1n) is 5.15. The standard InChI is InChI=1S/C12H16ClNO2/c1-8(2)11(12(15)16-3)14-10-7-5-4-6-9(10)13/h4-8,11,14H,1-3H3. The van der Waals surface area contributed by atoms with E-state index >= 15 is 0 Å². The van der Waals surface area contributed by atoms with Gasteiger partial charge in [0.2, 0.25) is 0 Å². The summed E-state index contributed by atoms with van der Waals surface area (Å²) >= 11 is 6.01. The van der Waals surface area contributed by atoms with Gasteiger partial charge < -0.3 is 10.1 Å². The highest BCUT2D eigenvalue weighted by atomic mass is 35.5. The number of esters is 1. The fourth-order valence-corrected chi connectivity index (χ4v) is 1.56. The second-order valence-corrected chi connectivity index (χ2v) is 4.28. The van der Waals surface area contributed by atoms with Crippen LogP contribution in [-0.4, -0.2) is 19.1 Å². The van der Waals surface area contributed by atoms with Crippen LogP contribution in [0.3, 0.4) is 0 Å². The lowest BCUT2D eigenvalue weighted by Crippen LogP contribution is -2.35. The summed E-state index contributed by atoms with van der Waals surface area (Å²) in [7, 11) is 1.38. The molecule has 4 heteroatoms. The molecule has 0 heterocycles. The van der Waals surface area contributed by atoms with Crippen LogP contribution in [0.4, 0.5) is 5.69 Å². The first-order valence-corrected chi connectivity index (χ1v) is 5.53. The van der Waals surface area contributed by atoms with Crippen LogP contribution in [0.25, 0.3) is 0 Å². The topological polar surface area (TPSA) is 38.3 Å². The van der Waals surface area contributed by atoms with E-state index in [0.717, 1.165) is 5.69 Å². The van der Waals surface area contributed by atoms with Crippen molar-refractivity contribution in [3.8, 4) is 0 Å². The molecule has 1 unspecified atom stereocenters. The molecule has 0 amide bonds. The molecule has 88 valence electrons. The molecule has 0 saturated heterocycles. The third-order valence-electron chi connectivity index (χ3n) is 2.31. The third-order valence-corrected chi connectivity index (χ3v) is 2.64. The van der Waals surface area contributed by atoms with Crippen molar-refractivity contribution in [2.45, 2.75) is 19.9 Å². The predicted molar refractivity (Wildman–Crippen MR) is 65.7 cm³/mol. The molecule has 1 aromatic carbocycles. The zero-order chi connectivity index (χ0) is 12.1. The van der Waals surface area contributed by atoms with Gasteiger partial charge in [-0.05, 0) is 18.1 Å². The van der Waals surface area contributed by atoms with Crippen molar-refractivity contribution < 1.29 is 9.53 Å². The molecule has 0 aliphatic rings. The van der Waals surface area contributed by atoms with Crippen LogP contribution in [0.1, 0.15) is 13.8 Å². The molecule has 0 spiro atoms. The summed E-state index contributed by atoms with van der Waals surface area (Å²) in [5.74, 6) is -0.154. The summed E-state index contributed by atoms with van der Waals surface area (Å²) in [6.07, 6.45) is 0. The minimum absolute atomic E-state index is 0.128. The van der Waals surface area contributed by atoms with Gasteiger partial charge in [0.05, 0.1) is 17.8 Å². The molecule has 1 rings (SSSR count). The summed E-state index contributed by atoms with van der Waals surface area (Å²) in [6, 6.07) is 6.93. The predicted octanol–water partition coefficient (Wildman–Crippen LogP) is 2.95. The lowest BCUT2D eigenvalue weighted by atomic mass is 10.0. The van der Waals surface area contributed by atoms with Crippen LogP contribution >= 0.6 is 11.6 Å². The minimum atomic E-state index is -0.384. The average Bonchev–Trinajstić information content (AvgIpc) is 2.26. The van der Waals surface area contributed by atoms with E-state index in [4.69, 9.17) is 16.3 Å². The molecule has 3 nitrogen and oxygen atoms in total. The Kier molecular flexibility index (Phi) is 4.62. The van der Waals surface area contributed by atoms with Gasteiger partial charge in [-0.1, -0.05) is 37.6 Å². The number of hydrogen-bond donors (Lipinski definition) is 1. The highest BCUT2D eigenvalue weighted by molar-refractivity contribution is 6.33. The van der Waals surface area contributed by atoms with E-state index in [2.05, 4.69) is 5.32 Å². The molecule has 0 bridgehead atoms. The highest BCUT2D eigenvalue weighted by Crippen LogP contribution is 2.23. The summed E-state index contributed by atoms with van der Waals surface area (Å²) in [5, 5.41) is 3.69. The summed E-state index contributed by atoms with van der Waals surface area (Å²) in [6.45, 7) is 3.90. The Bertz CT molecular complexity index is 366. The Labute approximate surface area is 101 Å². The largest absolute Gasteiger partial charge is 0.467 e. The third kappa shape index (κ3) is 3.14. The Balaban J connectivity index is 2.84. The van der Waals surface area contributed by atoms with Crippen molar-refractivity contribution in [3.05, 3.63) is 29.3 Å². The smallest absolute Gasteiger partial charge is 0.328 e. The molecule has 0 aromatic heterocycles. The molecule has 0 aliphatic heterocycles. The Morgan fingerprint density at radius 1 is 1.38 bits per heavy atom. The van der Waals surface area contributed by atoms with Gasteiger partial charge in [-0.2, -0.15) is 0 Å². The molecular weight excluding hydrogens is 226 g/mol. The van der Waals surface area contributed by atoms with Gasteiger partial charge >= 0.3 is 5.97 Å². The van der Waals surface area contributed by atoms with Gasteiger partial charge in [-0.25, -0.2) is 4.79 Å². The van der Waals surface area contributed by atoms with Gasteiger partial charge in [0.1, 0.15) is 6.04 Å². The molecule has 1 aromatic rings. The van der Waals surface area contributed by atoms with Gasteiger partial charge in [-0.3, -0.25) is 0 Å². The number of rotatable bonds is 4. The van der Waals surface area contributed by atoms with E-state index in [1.165, 1.54) is 7.11 Å². The second kappa shape index (κ2) is 5.75. The molecule has 16 heavy (non-hydrogen) atoms. The van der Waals surface area contributed by atoms with E-state index in [-0.39, 0.29) is 17.9 Å². The number of carbonyl (C=O) groups excluding carboxylic acids is 1. The molecule has 1 atom stereocenters. The number of nitrogens with one attached hydrogen (secondary N) is 1. The van der Waals surface area contributed by atoms with Crippen LogP contribution in [0.5, 0.6) is 0 Å². The monoisotopic (exact) mass is 241 g/mol. The zero-order valence-electron chi connectivity index (χ0n) is 9.66. The SMILES string of the molecule is COC(=O)C(Nc1ccccc1Cl)C(C)C. The number of carbonyl (C=O) groups is 1. The number of benzene rings is 1.